The molecule has 0 atom stereocenters. The van der Waals surface area contributed by atoms with Gasteiger partial charge in [0.25, 0.3) is 0 Å². The molecule has 0 saturated carbocycles. The quantitative estimate of drug-likeness (QED) is 0.642. The topological polar surface area (TPSA) is 118 Å². The average molecular weight is 321 g/mol. The summed E-state index contributed by atoms with van der Waals surface area (Å²) in [5.41, 5.74) is 0.728. The highest BCUT2D eigenvalue weighted by Crippen LogP contribution is 2.16. The Morgan fingerprint density at radius 2 is 2.09 bits per heavy atom. The molecule has 2 N–H and O–H groups in total. The lowest BCUT2D eigenvalue weighted by Gasteiger charge is -2.03. The molecule has 1 amide bonds. The molecule has 8 nitrogen and oxygen atoms in total. The summed E-state index contributed by atoms with van der Waals surface area (Å²) in [5, 5.41) is 15.1. The molecule has 0 spiro atoms. The van der Waals surface area contributed by atoms with Gasteiger partial charge in [0, 0.05) is 25.8 Å². The molecule has 0 saturated heterocycles. The normalized spacial score (nSPS) is 10.6. The van der Waals surface area contributed by atoms with Crippen LogP contribution in [0.2, 0.25) is 0 Å². The second kappa shape index (κ2) is 8.72. The largest absolute Gasteiger partial charge is 0.481 e. The molecule has 2 aromatic heterocycles. The molecular weight excluding hydrogens is 302 g/mol. The molecule has 0 fully saturated rings. The van der Waals surface area contributed by atoms with E-state index in [1.165, 1.54) is 12.5 Å². The molecule has 2 rings (SSSR count). The van der Waals surface area contributed by atoms with Gasteiger partial charge in [0.05, 0.1) is 11.8 Å². The van der Waals surface area contributed by atoms with Gasteiger partial charge >= 0.3 is 5.97 Å². The number of aryl methyl sites for hydroxylation is 1. The fourth-order valence-electron chi connectivity index (χ4n) is 1.98. The Balaban J connectivity index is 1.60. The average Bonchev–Trinajstić information content (AvgIpc) is 3.18. The van der Waals surface area contributed by atoms with Crippen LogP contribution in [0.5, 0.6) is 0 Å². The van der Waals surface area contributed by atoms with Crippen molar-refractivity contribution in [2.24, 2.45) is 0 Å². The summed E-state index contributed by atoms with van der Waals surface area (Å²) >= 11 is 0. The van der Waals surface area contributed by atoms with E-state index in [9.17, 15) is 9.59 Å². The zero-order valence-electron chi connectivity index (χ0n) is 12.7. The third kappa shape index (κ3) is 5.93. The lowest BCUT2D eigenvalue weighted by molar-refractivity contribution is -0.137. The van der Waals surface area contributed by atoms with Crippen LogP contribution < -0.4 is 5.32 Å². The van der Waals surface area contributed by atoms with Gasteiger partial charge in [0.1, 0.15) is 6.26 Å². The van der Waals surface area contributed by atoms with E-state index < -0.39 is 5.97 Å². The molecule has 8 heteroatoms. The van der Waals surface area contributed by atoms with Crippen LogP contribution in [0.3, 0.4) is 0 Å². The Morgan fingerprint density at radius 3 is 2.83 bits per heavy atom. The van der Waals surface area contributed by atoms with Crippen LogP contribution in [0.1, 0.15) is 38.0 Å². The summed E-state index contributed by atoms with van der Waals surface area (Å²) in [5.74, 6) is -0.0416. The Kier molecular flexibility index (Phi) is 6.34. The number of hydrogen-bond donors (Lipinski definition) is 2. The Morgan fingerprint density at radius 1 is 1.22 bits per heavy atom. The van der Waals surface area contributed by atoms with Crippen molar-refractivity contribution in [2.45, 2.75) is 38.5 Å². The molecule has 0 unspecified atom stereocenters. The first kappa shape index (κ1) is 16.7. The molecular formula is C15H19N3O5. The van der Waals surface area contributed by atoms with Crippen LogP contribution in [-0.2, 0) is 16.0 Å². The minimum atomic E-state index is -0.789. The minimum Gasteiger partial charge on any atom is -0.481 e. The molecule has 0 bridgehead atoms. The number of aliphatic carboxylic acids is 1. The molecule has 0 aliphatic heterocycles. The number of nitrogens with one attached hydrogen (secondary N) is 1. The van der Waals surface area contributed by atoms with Gasteiger partial charge in [-0.1, -0.05) is 11.6 Å². The number of rotatable bonds is 10. The van der Waals surface area contributed by atoms with Crippen molar-refractivity contribution in [1.82, 2.24) is 15.5 Å². The van der Waals surface area contributed by atoms with Crippen LogP contribution in [0.25, 0.3) is 11.4 Å². The molecule has 0 radical (unpaired) electrons. The summed E-state index contributed by atoms with van der Waals surface area (Å²) in [7, 11) is 0. The second-order valence-corrected chi connectivity index (χ2v) is 5.08. The highest BCUT2D eigenvalue weighted by molar-refractivity contribution is 5.76. The van der Waals surface area contributed by atoms with Gasteiger partial charge in [-0.25, -0.2) is 0 Å². The fourth-order valence-corrected chi connectivity index (χ4v) is 1.98. The van der Waals surface area contributed by atoms with Crippen molar-refractivity contribution in [2.75, 3.05) is 6.54 Å². The molecule has 23 heavy (non-hydrogen) atoms. The van der Waals surface area contributed by atoms with E-state index >= 15 is 0 Å². The van der Waals surface area contributed by atoms with Crippen molar-refractivity contribution in [3.63, 3.8) is 0 Å². The van der Waals surface area contributed by atoms with Crippen LogP contribution >= 0.6 is 0 Å². The van der Waals surface area contributed by atoms with Gasteiger partial charge in [-0.05, 0) is 18.9 Å². The Labute approximate surface area is 132 Å². The molecule has 0 aliphatic rings. The highest BCUT2D eigenvalue weighted by Gasteiger charge is 2.11. The highest BCUT2D eigenvalue weighted by atomic mass is 16.5. The minimum absolute atomic E-state index is 0.0914. The smallest absolute Gasteiger partial charge is 0.303 e. The van der Waals surface area contributed by atoms with Crippen molar-refractivity contribution < 1.29 is 23.6 Å². The van der Waals surface area contributed by atoms with E-state index in [1.807, 2.05) is 0 Å². The fraction of sp³-hybridized carbons (Fsp3) is 0.467. The number of carboxylic acids is 1. The van der Waals surface area contributed by atoms with Gasteiger partial charge in [-0.3, -0.25) is 9.59 Å². The van der Waals surface area contributed by atoms with E-state index in [2.05, 4.69) is 15.5 Å². The summed E-state index contributed by atoms with van der Waals surface area (Å²) in [6, 6.07) is 1.73. The zero-order valence-corrected chi connectivity index (χ0v) is 12.7. The molecule has 2 aromatic rings. The number of unbranched alkanes of at least 4 members (excludes halogenated alkanes) is 2. The van der Waals surface area contributed by atoms with Gasteiger partial charge < -0.3 is 19.4 Å². The van der Waals surface area contributed by atoms with E-state index in [4.69, 9.17) is 14.0 Å². The first-order valence-corrected chi connectivity index (χ1v) is 7.49. The van der Waals surface area contributed by atoms with E-state index in [0.717, 1.165) is 18.4 Å². The number of hydrogen-bond acceptors (Lipinski definition) is 6. The summed E-state index contributed by atoms with van der Waals surface area (Å²) < 4.78 is 10.0. The number of furan rings is 1. The Hall–Kier alpha value is -2.64. The van der Waals surface area contributed by atoms with Crippen LogP contribution in [-0.4, -0.2) is 33.7 Å². The van der Waals surface area contributed by atoms with Crippen LogP contribution in [0.15, 0.2) is 27.5 Å². The van der Waals surface area contributed by atoms with Crippen molar-refractivity contribution in [3.05, 3.63) is 24.5 Å². The standard InChI is InChI=1S/C15H19N3O5/c19-12(16-8-3-1-2-4-14(20)21)5-6-13-17-15(18-23-13)11-7-9-22-10-11/h7,9-10H,1-6,8H2,(H,16,19)(H,20,21). The lowest BCUT2D eigenvalue weighted by Crippen LogP contribution is -2.24. The monoisotopic (exact) mass is 321 g/mol. The predicted molar refractivity (Wildman–Crippen MR) is 79.4 cm³/mol. The number of carboxylic acid groups (broad SMARTS) is 1. The predicted octanol–water partition coefficient (Wildman–Crippen LogP) is 2.02. The number of carbonyl (C=O) groups excluding carboxylic acids is 1. The van der Waals surface area contributed by atoms with Gasteiger partial charge in [0.15, 0.2) is 0 Å². The third-order valence-electron chi connectivity index (χ3n) is 3.20. The third-order valence-corrected chi connectivity index (χ3v) is 3.20. The molecule has 2 heterocycles. The summed E-state index contributed by atoms with van der Waals surface area (Å²) in [4.78, 5) is 26.2. The summed E-state index contributed by atoms with van der Waals surface area (Å²) in [6.07, 6.45) is 6.03. The maximum Gasteiger partial charge on any atom is 0.303 e. The zero-order chi connectivity index (χ0) is 16.5. The summed E-state index contributed by atoms with van der Waals surface area (Å²) in [6.45, 7) is 0.544. The number of carbonyl (C=O) groups is 2. The first-order chi connectivity index (χ1) is 11.1. The maximum atomic E-state index is 11.7. The van der Waals surface area contributed by atoms with Crippen molar-refractivity contribution in [1.29, 1.82) is 0 Å². The second-order valence-electron chi connectivity index (χ2n) is 5.08. The maximum absolute atomic E-state index is 11.7. The number of amides is 1. The lowest BCUT2D eigenvalue weighted by atomic mass is 10.2. The van der Waals surface area contributed by atoms with Gasteiger partial charge in [-0.2, -0.15) is 4.98 Å². The molecule has 0 aliphatic carbocycles. The van der Waals surface area contributed by atoms with Crippen LogP contribution in [0, 0.1) is 0 Å². The number of aromatic nitrogens is 2. The van der Waals surface area contributed by atoms with Crippen molar-refractivity contribution in [3.8, 4) is 11.4 Å². The number of nitrogens with zero attached hydrogens (tertiary/aromatic N) is 2. The first-order valence-electron chi connectivity index (χ1n) is 7.49. The van der Waals surface area contributed by atoms with Gasteiger partial charge in [0.2, 0.25) is 17.6 Å². The van der Waals surface area contributed by atoms with E-state index in [0.29, 0.717) is 31.1 Å². The van der Waals surface area contributed by atoms with Crippen molar-refractivity contribution >= 4 is 11.9 Å². The van der Waals surface area contributed by atoms with E-state index in [-0.39, 0.29) is 18.7 Å². The van der Waals surface area contributed by atoms with E-state index in [1.54, 1.807) is 6.07 Å². The Bertz CT molecular complexity index is 621. The molecule has 124 valence electrons. The SMILES string of the molecule is O=C(O)CCCCCNC(=O)CCc1nc(-c2ccoc2)no1. The van der Waals surface area contributed by atoms with Crippen LogP contribution in [0.4, 0.5) is 0 Å². The van der Waals surface area contributed by atoms with Gasteiger partial charge in [-0.15, -0.1) is 0 Å². The molecule has 0 aromatic carbocycles.